The predicted molar refractivity (Wildman–Crippen MR) is 51.5 cm³/mol. The Morgan fingerprint density at radius 3 is 1.94 bits per heavy atom. The minimum Gasteiger partial charge on any atom is -0.382 e. The number of methoxy groups -OCH3 is 2. The van der Waals surface area contributed by atoms with Crippen LogP contribution < -0.4 is 0 Å². The van der Waals surface area contributed by atoms with Crippen LogP contribution in [0.5, 0.6) is 0 Å². The monoisotopic (exact) mass is 280 g/mol. The highest BCUT2D eigenvalue weighted by Crippen LogP contribution is 2.27. The molecule has 0 aromatic carbocycles. The molecule has 0 radical (unpaired) electrons. The summed E-state index contributed by atoms with van der Waals surface area (Å²) in [6.45, 7) is -2.69. The summed E-state index contributed by atoms with van der Waals surface area (Å²) in [5, 5.41) is 0. The highest BCUT2D eigenvalue weighted by molar-refractivity contribution is 4.57. The van der Waals surface area contributed by atoms with Gasteiger partial charge in [0.1, 0.15) is 20.0 Å². The molecule has 0 amide bonds. The van der Waals surface area contributed by atoms with Gasteiger partial charge in [-0.2, -0.15) is 17.6 Å². The van der Waals surface area contributed by atoms with E-state index in [0.29, 0.717) is 0 Å². The number of hydrogen-bond donors (Lipinski definition) is 0. The molecule has 0 atom stereocenters. The summed E-state index contributed by atoms with van der Waals surface area (Å²) in [7, 11) is 2.37. The quantitative estimate of drug-likeness (QED) is 0.326. The van der Waals surface area contributed by atoms with Gasteiger partial charge >= 0.3 is 12.2 Å². The van der Waals surface area contributed by atoms with Crippen molar-refractivity contribution in [2.75, 3.05) is 47.4 Å². The Kier molecular flexibility index (Phi) is 8.36. The molecule has 0 aliphatic heterocycles. The normalized spacial score (nSPS) is 13.0. The molecule has 0 saturated carbocycles. The minimum absolute atomic E-state index is 0.142. The van der Waals surface area contributed by atoms with Gasteiger partial charge in [-0.05, 0) is 0 Å². The van der Waals surface area contributed by atoms with Gasteiger partial charge in [-0.3, -0.25) is 4.74 Å². The van der Waals surface area contributed by atoms with Crippen LogP contribution in [0.3, 0.4) is 0 Å². The molecule has 0 aromatic rings. The van der Waals surface area contributed by atoms with Gasteiger partial charge in [0, 0.05) is 14.2 Å². The maximum Gasteiger partial charge on any atom is 0.383 e. The zero-order chi connectivity index (χ0) is 14.1. The fourth-order valence-corrected chi connectivity index (χ4v) is 0.866. The van der Waals surface area contributed by atoms with Crippen molar-refractivity contribution in [2.45, 2.75) is 12.2 Å². The summed E-state index contributed by atoms with van der Waals surface area (Å²) in [6, 6.07) is 0. The summed E-state index contributed by atoms with van der Waals surface area (Å²) < 4.78 is 72.0. The minimum atomic E-state index is -4.13. The van der Waals surface area contributed by atoms with Gasteiger partial charge in [0.25, 0.3) is 0 Å². The van der Waals surface area contributed by atoms with E-state index in [9.17, 15) is 17.6 Å². The Hall–Kier alpha value is -0.480. The van der Waals surface area contributed by atoms with E-state index in [-0.39, 0.29) is 13.2 Å². The van der Waals surface area contributed by atoms with Gasteiger partial charge in [0.15, 0.2) is 0 Å². The van der Waals surface area contributed by atoms with Crippen molar-refractivity contribution in [3.63, 3.8) is 0 Å². The molecule has 0 fully saturated rings. The van der Waals surface area contributed by atoms with Crippen LogP contribution in [0.4, 0.5) is 17.6 Å². The number of ether oxygens (including phenoxy) is 5. The van der Waals surface area contributed by atoms with E-state index in [2.05, 4.69) is 18.9 Å². The van der Waals surface area contributed by atoms with Crippen LogP contribution in [0.15, 0.2) is 0 Å². The van der Waals surface area contributed by atoms with E-state index >= 15 is 0 Å². The molecule has 0 bridgehead atoms. The van der Waals surface area contributed by atoms with Crippen molar-refractivity contribution in [3.05, 3.63) is 0 Å². The SMILES string of the molecule is COCCOCOCC(F)(F)OC(F)(F)COC. The molecule has 9 heteroatoms. The molecule has 0 N–H and O–H groups in total. The van der Waals surface area contributed by atoms with Crippen molar-refractivity contribution < 1.29 is 41.2 Å². The lowest BCUT2D eigenvalue weighted by molar-refractivity contribution is -0.394. The number of alkyl halides is 4. The third-order valence-corrected chi connectivity index (χ3v) is 1.48. The predicted octanol–water partition coefficient (Wildman–Crippen LogP) is 1.47. The molecule has 110 valence electrons. The second-order valence-electron chi connectivity index (χ2n) is 3.18. The summed E-state index contributed by atoms with van der Waals surface area (Å²) in [4.78, 5) is 0. The van der Waals surface area contributed by atoms with E-state index in [1.165, 1.54) is 7.11 Å². The molecule has 5 nitrogen and oxygen atoms in total. The Bertz CT molecular complexity index is 215. The highest BCUT2D eigenvalue weighted by atomic mass is 19.3. The number of halogens is 4. The van der Waals surface area contributed by atoms with Gasteiger partial charge in [0.2, 0.25) is 0 Å². The van der Waals surface area contributed by atoms with Gasteiger partial charge in [-0.25, -0.2) is 0 Å². The van der Waals surface area contributed by atoms with Gasteiger partial charge in [0.05, 0.1) is 13.2 Å². The fourth-order valence-electron chi connectivity index (χ4n) is 0.866. The second-order valence-corrected chi connectivity index (χ2v) is 3.18. The van der Waals surface area contributed by atoms with Crippen LogP contribution >= 0.6 is 0 Å². The van der Waals surface area contributed by atoms with E-state index in [1.807, 2.05) is 0 Å². The standard InChI is InChI=1S/C9H16F4O5/c1-14-3-4-16-7-17-6-9(12,13)18-8(10,11)5-15-2/h3-7H2,1-2H3. The summed E-state index contributed by atoms with van der Waals surface area (Å²) >= 11 is 0. The molecular formula is C9H16F4O5. The second kappa shape index (κ2) is 8.59. The molecule has 0 saturated heterocycles. The summed E-state index contributed by atoms with van der Waals surface area (Å²) in [5.74, 6) is 0. The number of rotatable bonds is 11. The summed E-state index contributed by atoms with van der Waals surface area (Å²) in [6.07, 6.45) is -8.22. The van der Waals surface area contributed by atoms with Crippen LogP contribution in [-0.4, -0.2) is 59.7 Å². The van der Waals surface area contributed by atoms with E-state index < -0.39 is 32.2 Å². The molecule has 0 aliphatic rings. The van der Waals surface area contributed by atoms with Crippen molar-refractivity contribution in [1.29, 1.82) is 0 Å². The molecule has 0 heterocycles. The zero-order valence-electron chi connectivity index (χ0n) is 10.1. The van der Waals surface area contributed by atoms with Gasteiger partial charge in [-0.15, -0.1) is 0 Å². The summed E-state index contributed by atoms with van der Waals surface area (Å²) in [5.41, 5.74) is 0. The van der Waals surface area contributed by atoms with Crippen LogP contribution in [0.2, 0.25) is 0 Å². The van der Waals surface area contributed by atoms with Crippen molar-refractivity contribution in [2.24, 2.45) is 0 Å². The maximum atomic E-state index is 12.9. The Labute approximate surface area is 102 Å². The highest BCUT2D eigenvalue weighted by Gasteiger charge is 2.44. The van der Waals surface area contributed by atoms with Crippen molar-refractivity contribution in [1.82, 2.24) is 0 Å². The first-order valence-electron chi connectivity index (χ1n) is 4.92. The van der Waals surface area contributed by atoms with Crippen molar-refractivity contribution >= 4 is 0 Å². The van der Waals surface area contributed by atoms with Crippen LogP contribution in [-0.2, 0) is 23.7 Å². The smallest absolute Gasteiger partial charge is 0.382 e. The number of hydrogen-bond acceptors (Lipinski definition) is 5. The molecular weight excluding hydrogens is 264 g/mol. The molecule has 18 heavy (non-hydrogen) atoms. The van der Waals surface area contributed by atoms with Crippen LogP contribution in [0.25, 0.3) is 0 Å². The first kappa shape index (κ1) is 17.5. The fraction of sp³-hybridized carbons (Fsp3) is 1.00. The van der Waals surface area contributed by atoms with E-state index in [4.69, 9.17) is 4.74 Å². The maximum absolute atomic E-state index is 12.9. The van der Waals surface area contributed by atoms with Crippen LogP contribution in [0, 0.1) is 0 Å². The first-order chi connectivity index (χ1) is 8.33. The van der Waals surface area contributed by atoms with Crippen molar-refractivity contribution in [3.8, 4) is 0 Å². The molecule has 0 aliphatic carbocycles. The third-order valence-electron chi connectivity index (χ3n) is 1.48. The average molecular weight is 280 g/mol. The molecule has 0 rings (SSSR count). The topological polar surface area (TPSA) is 46.2 Å². The van der Waals surface area contributed by atoms with E-state index in [0.717, 1.165) is 7.11 Å². The Morgan fingerprint density at radius 1 is 0.778 bits per heavy atom. The largest absolute Gasteiger partial charge is 0.383 e. The van der Waals surface area contributed by atoms with Crippen LogP contribution in [0.1, 0.15) is 0 Å². The van der Waals surface area contributed by atoms with Gasteiger partial charge in [-0.1, -0.05) is 0 Å². The lowest BCUT2D eigenvalue weighted by Crippen LogP contribution is -2.39. The Morgan fingerprint density at radius 2 is 1.39 bits per heavy atom. The van der Waals surface area contributed by atoms with E-state index in [1.54, 1.807) is 0 Å². The molecule has 0 spiro atoms. The lowest BCUT2D eigenvalue weighted by atomic mass is 10.6. The molecule has 0 aromatic heterocycles. The van der Waals surface area contributed by atoms with Gasteiger partial charge < -0.3 is 18.9 Å². The Balaban J connectivity index is 3.79. The lowest BCUT2D eigenvalue weighted by Gasteiger charge is -2.22. The first-order valence-corrected chi connectivity index (χ1v) is 4.92. The average Bonchev–Trinajstić information content (AvgIpc) is 2.21. The molecule has 0 unspecified atom stereocenters. The zero-order valence-corrected chi connectivity index (χ0v) is 10.1. The third kappa shape index (κ3) is 9.54.